The highest BCUT2D eigenvalue weighted by Gasteiger charge is 2.15. The summed E-state index contributed by atoms with van der Waals surface area (Å²) < 4.78 is 5.56. The van der Waals surface area contributed by atoms with Gasteiger partial charge in [-0.1, -0.05) is 13.8 Å². The summed E-state index contributed by atoms with van der Waals surface area (Å²) in [7, 11) is 0. The average Bonchev–Trinajstić information content (AvgIpc) is 2.43. The first kappa shape index (κ1) is 16.5. The van der Waals surface area contributed by atoms with Gasteiger partial charge in [-0.15, -0.1) is 0 Å². The van der Waals surface area contributed by atoms with Gasteiger partial charge in [-0.25, -0.2) is 0 Å². The van der Waals surface area contributed by atoms with Crippen molar-refractivity contribution >= 4 is 11.9 Å². The number of nitrogens with zero attached hydrogens (tertiary/aromatic N) is 4. The Morgan fingerprint density at radius 3 is 2.40 bits per heavy atom. The van der Waals surface area contributed by atoms with E-state index < -0.39 is 0 Å². The first-order chi connectivity index (χ1) is 9.62. The van der Waals surface area contributed by atoms with Crippen LogP contribution in [0, 0.1) is 0 Å². The zero-order valence-corrected chi connectivity index (χ0v) is 13.3. The lowest BCUT2D eigenvalue weighted by Crippen LogP contribution is -2.32. The maximum absolute atomic E-state index is 5.56. The summed E-state index contributed by atoms with van der Waals surface area (Å²) in [4.78, 5) is 15.3. The molecule has 0 fully saturated rings. The van der Waals surface area contributed by atoms with Gasteiger partial charge >= 0.3 is 6.01 Å². The van der Waals surface area contributed by atoms with E-state index in [1.54, 1.807) is 0 Å². The molecule has 1 rings (SSSR count). The predicted molar refractivity (Wildman–Crippen MR) is 82.5 cm³/mol. The van der Waals surface area contributed by atoms with Crippen LogP contribution in [0.1, 0.15) is 47.5 Å². The molecule has 6 heteroatoms. The lowest BCUT2D eigenvalue weighted by molar-refractivity contribution is 0.291. The van der Waals surface area contributed by atoms with Gasteiger partial charge < -0.3 is 15.0 Å². The van der Waals surface area contributed by atoms with Gasteiger partial charge in [0.1, 0.15) is 0 Å². The van der Waals surface area contributed by atoms with Crippen LogP contribution in [0.25, 0.3) is 0 Å². The molecule has 0 amide bonds. The van der Waals surface area contributed by atoms with Gasteiger partial charge in [-0.2, -0.15) is 15.0 Å². The Kier molecular flexibility index (Phi) is 7.04. The SMILES string of the molecule is CCCNc1nc(OCCC)nc(N(CC)C(C)C)n1. The second kappa shape index (κ2) is 8.55. The van der Waals surface area contributed by atoms with Gasteiger partial charge in [0.05, 0.1) is 6.61 Å². The number of aromatic nitrogens is 3. The quantitative estimate of drug-likeness (QED) is 0.751. The third-order valence-electron chi connectivity index (χ3n) is 2.79. The number of hydrogen-bond donors (Lipinski definition) is 1. The first-order valence-corrected chi connectivity index (χ1v) is 7.51. The summed E-state index contributed by atoms with van der Waals surface area (Å²) in [5, 5.41) is 3.20. The second-order valence-corrected chi connectivity index (χ2v) is 4.90. The molecule has 0 saturated carbocycles. The molecule has 0 aliphatic rings. The summed E-state index contributed by atoms with van der Waals surface area (Å²) >= 11 is 0. The zero-order chi connectivity index (χ0) is 15.0. The van der Waals surface area contributed by atoms with E-state index in [-0.39, 0.29) is 0 Å². The Labute approximate surface area is 122 Å². The number of ether oxygens (including phenoxy) is 1. The molecule has 0 spiro atoms. The zero-order valence-electron chi connectivity index (χ0n) is 13.3. The molecule has 0 bridgehead atoms. The molecule has 0 atom stereocenters. The molecule has 6 nitrogen and oxygen atoms in total. The summed E-state index contributed by atoms with van der Waals surface area (Å²) in [6, 6.07) is 0.731. The van der Waals surface area contributed by atoms with Crippen molar-refractivity contribution in [3.8, 4) is 6.01 Å². The fraction of sp³-hybridized carbons (Fsp3) is 0.786. The minimum atomic E-state index is 0.334. The molecule has 0 aliphatic carbocycles. The summed E-state index contributed by atoms with van der Waals surface area (Å²) in [6.45, 7) is 12.8. The molecule has 0 radical (unpaired) electrons. The van der Waals surface area contributed by atoms with Crippen LogP contribution in [-0.2, 0) is 0 Å². The Morgan fingerprint density at radius 2 is 1.85 bits per heavy atom. The number of rotatable bonds is 9. The smallest absolute Gasteiger partial charge is 0.323 e. The van der Waals surface area contributed by atoms with Crippen molar-refractivity contribution in [1.82, 2.24) is 15.0 Å². The van der Waals surface area contributed by atoms with E-state index in [9.17, 15) is 0 Å². The van der Waals surface area contributed by atoms with E-state index in [1.165, 1.54) is 0 Å². The van der Waals surface area contributed by atoms with Crippen LogP contribution in [0.5, 0.6) is 6.01 Å². The lowest BCUT2D eigenvalue weighted by atomic mass is 10.3. The number of hydrogen-bond acceptors (Lipinski definition) is 6. The summed E-state index contributed by atoms with van der Waals surface area (Å²) in [5.74, 6) is 1.25. The fourth-order valence-corrected chi connectivity index (χ4v) is 1.79. The standard InChI is InChI=1S/C14H27N5O/c1-6-9-15-12-16-13(19(8-3)11(4)5)18-14(17-12)20-10-7-2/h11H,6-10H2,1-5H3,(H,15,16,17,18). The molecule has 1 N–H and O–H groups in total. The third-order valence-corrected chi connectivity index (χ3v) is 2.79. The molecule has 0 aromatic carbocycles. The molecule has 1 aromatic heterocycles. The van der Waals surface area contributed by atoms with Crippen molar-refractivity contribution in [3.05, 3.63) is 0 Å². The van der Waals surface area contributed by atoms with Crippen LogP contribution < -0.4 is 15.0 Å². The van der Waals surface area contributed by atoms with Gasteiger partial charge in [-0.05, 0) is 33.6 Å². The monoisotopic (exact) mass is 281 g/mol. The van der Waals surface area contributed by atoms with E-state index in [2.05, 4.69) is 59.8 Å². The van der Waals surface area contributed by atoms with Crippen molar-refractivity contribution in [2.45, 2.75) is 53.5 Å². The van der Waals surface area contributed by atoms with Crippen LogP contribution in [0.15, 0.2) is 0 Å². The number of anilines is 2. The van der Waals surface area contributed by atoms with Crippen LogP contribution in [-0.4, -0.2) is 40.7 Å². The predicted octanol–water partition coefficient (Wildman–Crippen LogP) is 2.72. The highest BCUT2D eigenvalue weighted by Crippen LogP contribution is 2.17. The molecule has 1 aromatic rings. The van der Waals surface area contributed by atoms with Crippen LogP contribution in [0.2, 0.25) is 0 Å². The van der Waals surface area contributed by atoms with Crippen LogP contribution >= 0.6 is 0 Å². The van der Waals surface area contributed by atoms with Gasteiger partial charge in [0.2, 0.25) is 11.9 Å². The van der Waals surface area contributed by atoms with Crippen molar-refractivity contribution in [2.24, 2.45) is 0 Å². The van der Waals surface area contributed by atoms with Gasteiger partial charge in [0, 0.05) is 19.1 Å². The second-order valence-electron chi connectivity index (χ2n) is 4.90. The highest BCUT2D eigenvalue weighted by molar-refractivity contribution is 5.39. The Morgan fingerprint density at radius 1 is 1.10 bits per heavy atom. The highest BCUT2D eigenvalue weighted by atomic mass is 16.5. The van der Waals surface area contributed by atoms with Crippen molar-refractivity contribution in [2.75, 3.05) is 29.9 Å². The molecule has 20 heavy (non-hydrogen) atoms. The molecule has 1 heterocycles. The molecule has 114 valence electrons. The fourth-order valence-electron chi connectivity index (χ4n) is 1.79. The van der Waals surface area contributed by atoms with Crippen molar-refractivity contribution in [1.29, 1.82) is 0 Å². The maximum Gasteiger partial charge on any atom is 0.323 e. The Bertz CT molecular complexity index is 371. The molecule has 0 saturated heterocycles. The minimum absolute atomic E-state index is 0.334. The van der Waals surface area contributed by atoms with Crippen LogP contribution in [0.4, 0.5) is 11.9 Å². The Hall–Kier alpha value is -1.59. The van der Waals surface area contributed by atoms with Gasteiger partial charge in [0.25, 0.3) is 0 Å². The van der Waals surface area contributed by atoms with E-state index in [1.807, 2.05) is 0 Å². The minimum Gasteiger partial charge on any atom is -0.463 e. The normalized spacial score (nSPS) is 10.7. The van der Waals surface area contributed by atoms with E-state index >= 15 is 0 Å². The topological polar surface area (TPSA) is 63.2 Å². The molecule has 0 aliphatic heterocycles. The largest absolute Gasteiger partial charge is 0.463 e. The summed E-state index contributed by atoms with van der Waals surface area (Å²) in [5.41, 5.74) is 0. The average molecular weight is 281 g/mol. The maximum atomic E-state index is 5.56. The van der Waals surface area contributed by atoms with Gasteiger partial charge in [-0.3, -0.25) is 0 Å². The van der Waals surface area contributed by atoms with Crippen molar-refractivity contribution in [3.63, 3.8) is 0 Å². The molecular weight excluding hydrogens is 254 g/mol. The third kappa shape index (κ3) is 4.83. The summed E-state index contributed by atoms with van der Waals surface area (Å²) in [6.07, 6.45) is 1.95. The van der Waals surface area contributed by atoms with E-state index in [4.69, 9.17) is 4.74 Å². The Balaban J connectivity index is 3.01. The first-order valence-electron chi connectivity index (χ1n) is 7.51. The van der Waals surface area contributed by atoms with Crippen LogP contribution in [0.3, 0.4) is 0 Å². The number of nitrogens with one attached hydrogen (secondary N) is 1. The van der Waals surface area contributed by atoms with E-state index in [0.29, 0.717) is 30.6 Å². The molecular formula is C14H27N5O. The lowest BCUT2D eigenvalue weighted by Gasteiger charge is -2.25. The molecule has 0 unspecified atom stereocenters. The van der Waals surface area contributed by atoms with Crippen molar-refractivity contribution < 1.29 is 4.74 Å². The van der Waals surface area contributed by atoms with Gasteiger partial charge in [0.15, 0.2) is 0 Å². The van der Waals surface area contributed by atoms with E-state index in [0.717, 1.165) is 25.9 Å².